The van der Waals surface area contributed by atoms with Crippen LogP contribution in [0.3, 0.4) is 0 Å². The van der Waals surface area contributed by atoms with E-state index < -0.39 is 23.1 Å². The third-order valence-corrected chi connectivity index (χ3v) is 6.11. The summed E-state index contributed by atoms with van der Waals surface area (Å²) < 4.78 is 44.0. The van der Waals surface area contributed by atoms with Crippen molar-refractivity contribution in [2.24, 2.45) is 5.73 Å². The molecule has 6 nitrogen and oxygen atoms in total. The van der Waals surface area contributed by atoms with Crippen LogP contribution in [-0.2, 0) is 22.8 Å². The molecule has 1 atom stereocenters. The fraction of sp³-hybridized carbons (Fsp3) is 0.192. The van der Waals surface area contributed by atoms with Gasteiger partial charge in [-0.15, -0.1) is 0 Å². The molecule has 35 heavy (non-hydrogen) atoms. The number of nitrogens with two attached hydrogens (primary N) is 1. The van der Waals surface area contributed by atoms with Crippen LogP contribution >= 0.6 is 0 Å². The molecule has 0 aliphatic rings. The predicted molar refractivity (Wildman–Crippen MR) is 125 cm³/mol. The summed E-state index contributed by atoms with van der Waals surface area (Å²) in [6, 6.07) is 14.9. The molecule has 1 aromatic heterocycles. The Kier molecular flexibility index (Phi) is 6.10. The topological polar surface area (TPSA) is 98.3 Å². The second-order valence-electron chi connectivity index (χ2n) is 8.41. The highest BCUT2D eigenvalue weighted by Crippen LogP contribution is 2.36. The third kappa shape index (κ3) is 4.62. The first-order chi connectivity index (χ1) is 16.5. The second-order valence-corrected chi connectivity index (χ2v) is 8.41. The number of nitrogens with zero attached hydrogens (tertiary/aromatic N) is 2. The van der Waals surface area contributed by atoms with E-state index in [1.165, 1.54) is 31.6 Å². The fourth-order valence-corrected chi connectivity index (χ4v) is 4.01. The molecule has 4 rings (SSSR count). The second kappa shape index (κ2) is 8.90. The number of primary amides is 1. The highest BCUT2D eigenvalue weighted by molar-refractivity contribution is 5.94. The maximum Gasteiger partial charge on any atom is 0.416 e. The van der Waals surface area contributed by atoms with Gasteiger partial charge in [0.15, 0.2) is 11.5 Å². The van der Waals surface area contributed by atoms with E-state index in [4.69, 9.17) is 10.5 Å². The Morgan fingerprint density at radius 3 is 2.20 bits per heavy atom. The van der Waals surface area contributed by atoms with E-state index in [0.717, 1.165) is 23.3 Å². The molecule has 4 aromatic rings. The molecule has 0 saturated carbocycles. The zero-order chi connectivity index (χ0) is 25.4. The first kappa shape index (κ1) is 24.0. The Hall–Kier alpha value is -4.14. The van der Waals surface area contributed by atoms with Gasteiger partial charge in [-0.1, -0.05) is 36.4 Å². The molecular formula is C26H22F3N3O3. The van der Waals surface area contributed by atoms with Crippen LogP contribution in [-0.4, -0.2) is 28.1 Å². The lowest BCUT2D eigenvalue weighted by atomic mass is 9.76. The monoisotopic (exact) mass is 481 g/mol. The molecule has 0 aliphatic heterocycles. The molecule has 0 saturated heterocycles. The fourth-order valence-electron chi connectivity index (χ4n) is 4.01. The Balaban J connectivity index is 1.66. The van der Waals surface area contributed by atoms with Crippen molar-refractivity contribution >= 4 is 16.8 Å². The number of methoxy groups -OCH3 is 1. The summed E-state index contributed by atoms with van der Waals surface area (Å²) in [7, 11) is 1.45. The van der Waals surface area contributed by atoms with Gasteiger partial charge in [0.05, 0.1) is 29.3 Å². The lowest BCUT2D eigenvalue weighted by molar-refractivity contribution is -0.137. The molecule has 3 aromatic carbocycles. The molecule has 0 spiro atoms. The first-order valence-corrected chi connectivity index (χ1v) is 10.6. The largest absolute Gasteiger partial charge is 0.504 e. The van der Waals surface area contributed by atoms with Crippen molar-refractivity contribution < 1.29 is 27.8 Å². The smallest absolute Gasteiger partial charge is 0.416 e. The number of alkyl halides is 3. The number of aromatic nitrogens is 2. The molecule has 0 bridgehead atoms. The van der Waals surface area contributed by atoms with E-state index in [2.05, 4.69) is 9.97 Å². The van der Waals surface area contributed by atoms with E-state index in [0.29, 0.717) is 27.9 Å². The SMILES string of the molecule is COc1cc2c(-c3ccc(CC(C)(C(N)=O)c4ccc(C(F)(F)F)cc4)cc3)ncnc2cc1O. The number of amides is 1. The molecule has 1 amide bonds. The number of rotatable bonds is 6. The van der Waals surface area contributed by atoms with Gasteiger partial charge in [-0.05, 0) is 42.7 Å². The predicted octanol–water partition coefficient (Wildman–Crippen LogP) is 5.02. The number of ether oxygens (including phenoxy) is 1. The van der Waals surface area contributed by atoms with Crippen LogP contribution in [0.4, 0.5) is 13.2 Å². The zero-order valence-corrected chi connectivity index (χ0v) is 18.9. The van der Waals surface area contributed by atoms with E-state index in [9.17, 15) is 23.1 Å². The summed E-state index contributed by atoms with van der Waals surface area (Å²) in [4.78, 5) is 21.0. The summed E-state index contributed by atoms with van der Waals surface area (Å²) in [5.74, 6) is -0.386. The van der Waals surface area contributed by atoms with Gasteiger partial charge < -0.3 is 15.6 Å². The lowest BCUT2D eigenvalue weighted by Crippen LogP contribution is -2.40. The van der Waals surface area contributed by atoms with Gasteiger partial charge >= 0.3 is 6.18 Å². The minimum atomic E-state index is -4.47. The Bertz CT molecular complexity index is 1390. The van der Waals surface area contributed by atoms with Crippen molar-refractivity contribution in [3.05, 3.63) is 83.7 Å². The Labute approximate surface area is 199 Å². The lowest BCUT2D eigenvalue weighted by Gasteiger charge is -2.27. The van der Waals surface area contributed by atoms with Crippen molar-refractivity contribution in [1.82, 2.24) is 9.97 Å². The Morgan fingerprint density at radius 1 is 1.00 bits per heavy atom. The van der Waals surface area contributed by atoms with Crippen LogP contribution in [0.2, 0.25) is 0 Å². The molecule has 0 aliphatic carbocycles. The van der Waals surface area contributed by atoms with E-state index in [-0.39, 0.29) is 12.2 Å². The number of benzene rings is 3. The van der Waals surface area contributed by atoms with Gasteiger partial charge in [0.25, 0.3) is 0 Å². The minimum Gasteiger partial charge on any atom is -0.504 e. The van der Waals surface area contributed by atoms with Gasteiger partial charge in [0.1, 0.15) is 6.33 Å². The van der Waals surface area contributed by atoms with Crippen LogP contribution in [0.25, 0.3) is 22.2 Å². The average molecular weight is 481 g/mol. The number of phenolic OH excluding ortho intramolecular Hbond substituents is 1. The first-order valence-electron chi connectivity index (χ1n) is 10.6. The van der Waals surface area contributed by atoms with Crippen LogP contribution in [0, 0.1) is 0 Å². The number of aromatic hydroxyl groups is 1. The quantitative estimate of drug-likeness (QED) is 0.403. The van der Waals surface area contributed by atoms with Crippen molar-refractivity contribution in [1.29, 1.82) is 0 Å². The third-order valence-electron chi connectivity index (χ3n) is 6.11. The van der Waals surface area contributed by atoms with Crippen molar-refractivity contribution in [3.63, 3.8) is 0 Å². The summed E-state index contributed by atoms with van der Waals surface area (Å²) in [6.07, 6.45) is -2.88. The van der Waals surface area contributed by atoms with Crippen LogP contribution in [0.5, 0.6) is 11.5 Å². The van der Waals surface area contributed by atoms with Crippen molar-refractivity contribution in [3.8, 4) is 22.8 Å². The number of hydrogen-bond acceptors (Lipinski definition) is 5. The normalized spacial score (nSPS) is 13.4. The number of fused-ring (bicyclic) bond motifs is 1. The molecular weight excluding hydrogens is 459 g/mol. The number of phenols is 1. The van der Waals surface area contributed by atoms with Crippen molar-refractivity contribution in [2.75, 3.05) is 7.11 Å². The molecule has 9 heteroatoms. The van der Waals surface area contributed by atoms with Crippen LogP contribution in [0.15, 0.2) is 67.0 Å². The molecule has 1 unspecified atom stereocenters. The standard InChI is InChI=1S/C26H22F3N3O3/c1-25(24(30)34,17-7-9-18(10-8-17)26(27,28)29)13-15-3-5-16(6-4-15)23-19-11-22(35-2)21(33)12-20(19)31-14-32-23/h3-12,14,33H,13H2,1-2H3,(H2,30,34). The minimum absolute atomic E-state index is 0.0333. The number of carbonyl (C=O) groups is 1. The highest BCUT2D eigenvalue weighted by Gasteiger charge is 2.35. The average Bonchev–Trinajstić information content (AvgIpc) is 2.83. The highest BCUT2D eigenvalue weighted by atomic mass is 19.4. The van der Waals surface area contributed by atoms with Gasteiger partial charge in [0.2, 0.25) is 5.91 Å². The number of halogens is 3. The summed E-state index contributed by atoms with van der Waals surface area (Å²) in [5, 5.41) is 10.7. The van der Waals surface area contributed by atoms with E-state index in [1.807, 2.05) is 24.3 Å². The summed E-state index contributed by atoms with van der Waals surface area (Å²) in [6.45, 7) is 1.61. The van der Waals surface area contributed by atoms with E-state index >= 15 is 0 Å². The maximum atomic E-state index is 12.9. The van der Waals surface area contributed by atoms with Crippen LogP contribution < -0.4 is 10.5 Å². The number of hydrogen-bond donors (Lipinski definition) is 2. The van der Waals surface area contributed by atoms with Crippen molar-refractivity contribution in [2.45, 2.75) is 24.9 Å². The molecule has 1 heterocycles. The van der Waals surface area contributed by atoms with Crippen LogP contribution in [0.1, 0.15) is 23.6 Å². The van der Waals surface area contributed by atoms with Gasteiger partial charge in [-0.2, -0.15) is 13.2 Å². The van der Waals surface area contributed by atoms with Gasteiger partial charge in [-0.3, -0.25) is 4.79 Å². The molecule has 0 fully saturated rings. The molecule has 0 radical (unpaired) electrons. The summed E-state index contributed by atoms with van der Waals surface area (Å²) >= 11 is 0. The summed E-state index contributed by atoms with van der Waals surface area (Å²) in [5.41, 5.74) is 6.79. The molecule has 3 N–H and O–H groups in total. The number of carbonyl (C=O) groups excluding carboxylic acids is 1. The zero-order valence-electron chi connectivity index (χ0n) is 18.9. The molecule has 180 valence electrons. The van der Waals surface area contributed by atoms with E-state index in [1.54, 1.807) is 13.0 Å². The van der Waals surface area contributed by atoms with Gasteiger partial charge in [-0.25, -0.2) is 9.97 Å². The Morgan fingerprint density at radius 2 is 1.63 bits per heavy atom. The maximum absolute atomic E-state index is 12.9. The van der Waals surface area contributed by atoms with Gasteiger partial charge in [0, 0.05) is 17.0 Å².